The number of carbonyl (C=O) groups is 1. The third kappa shape index (κ3) is 6.49. The first kappa shape index (κ1) is 29.6. The number of aryl methyl sites for hydroxylation is 1. The van der Waals surface area contributed by atoms with E-state index in [1.807, 2.05) is 28.9 Å². The molecule has 6 rings (SSSR count). The van der Waals surface area contributed by atoms with Crippen LogP contribution in [0.5, 0.6) is 0 Å². The van der Waals surface area contributed by atoms with Crippen LogP contribution in [0.1, 0.15) is 16.8 Å². The number of nitrogens with zero attached hydrogens (tertiary/aromatic N) is 6. The highest BCUT2D eigenvalue weighted by Gasteiger charge is 2.29. The van der Waals surface area contributed by atoms with Gasteiger partial charge in [-0.05, 0) is 73.0 Å². The number of piperazine rings is 1. The van der Waals surface area contributed by atoms with Crippen LogP contribution in [0.25, 0.3) is 10.9 Å². The van der Waals surface area contributed by atoms with E-state index in [1.54, 1.807) is 12.4 Å². The Morgan fingerprint density at radius 3 is 2.38 bits per heavy atom. The number of hydrogen-bond donors (Lipinski definition) is 0. The van der Waals surface area contributed by atoms with Gasteiger partial charge < -0.3 is 9.80 Å². The first-order valence-electron chi connectivity index (χ1n) is 13.5. The SMILES string of the molecule is Cc1ccc2c(N3CCN(CCc4cccc(N5CCN(Cc6ccncc6)C5=O)c4)CC3)cccc2n1.Cl.Cl. The zero-order valence-corrected chi connectivity index (χ0v) is 24.4. The fraction of sp³-hybridized carbons (Fsp3) is 0.323. The van der Waals surface area contributed by atoms with Gasteiger partial charge in [0.15, 0.2) is 0 Å². The maximum Gasteiger partial charge on any atom is 0.324 e. The Morgan fingerprint density at radius 2 is 1.57 bits per heavy atom. The van der Waals surface area contributed by atoms with Crippen LogP contribution in [0.15, 0.2) is 79.1 Å². The highest BCUT2D eigenvalue weighted by molar-refractivity contribution is 5.94. The van der Waals surface area contributed by atoms with E-state index >= 15 is 0 Å². The summed E-state index contributed by atoms with van der Waals surface area (Å²) in [4.78, 5) is 30.7. The largest absolute Gasteiger partial charge is 0.368 e. The zero-order chi connectivity index (χ0) is 25.9. The van der Waals surface area contributed by atoms with Gasteiger partial charge in [0.2, 0.25) is 0 Å². The van der Waals surface area contributed by atoms with E-state index in [9.17, 15) is 4.79 Å². The molecule has 40 heavy (non-hydrogen) atoms. The number of anilines is 2. The van der Waals surface area contributed by atoms with Crippen molar-refractivity contribution in [2.75, 3.05) is 55.6 Å². The highest BCUT2D eigenvalue weighted by atomic mass is 35.5. The standard InChI is InChI=1S/C31H34N6O.2ClH/c1-24-8-9-28-29(33-24)6-3-7-30(28)35-18-16-34(17-19-35)15-12-25-4-2-5-27(22-25)37-21-20-36(31(37)38)23-26-10-13-32-14-11-26;;/h2-11,13-14,22H,12,15-21,23H2,1H3;2*1H. The Bertz CT molecular complexity index is 1430. The van der Waals surface area contributed by atoms with Crippen LogP contribution in [-0.2, 0) is 13.0 Å². The van der Waals surface area contributed by atoms with Gasteiger partial charge in [0.1, 0.15) is 0 Å². The fourth-order valence-electron chi connectivity index (χ4n) is 5.57. The fourth-order valence-corrected chi connectivity index (χ4v) is 5.57. The van der Waals surface area contributed by atoms with E-state index in [2.05, 4.69) is 69.4 Å². The molecule has 0 N–H and O–H groups in total. The second-order valence-corrected chi connectivity index (χ2v) is 10.3. The number of halogens is 2. The monoisotopic (exact) mass is 578 g/mol. The first-order chi connectivity index (χ1) is 18.6. The van der Waals surface area contributed by atoms with Gasteiger partial charge in [-0.1, -0.05) is 18.2 Å². The molecule has 7 nitrogen and oxygen atoms in total. The summed E-state index contributed by atoms with van der Waals surface area (Å²) in [6, 6.07) is 23.3. The average Bonchev–Trinajstić information content (AvgIpc) is 3.32. The lowest BCUT2D eigenvalue weighted by molar-refractivity contribution is 0.218. The number of fused-ring (bicyclic) bond motifs is 1. The number of carbonyl (C=O) groups excluding carboxylic acids is 1. The van der Waals surface area contributed by atoms with Gasteiger partial charge in [0.25, 0.3) is 0 Å². The van der Waals surface area contributed by atoms with Crippen LogP contribution in [0.4, 0.5) is 16.2 Å². The van der Waals surface area contributed by atoms with Gasteiger partial charge in [0.05, 0.1) is 5.52 Å². The summed E-state index contributed by atoms with van der Waals surface area (Å²) in [5.41, 5.74) is 6.80. The predicted molar refractivity (Wildman–Crippen MR) is 167 cm³/mol. The van der Waals surface area contributed by atoms with Gasteiger partial charge in [-0.25, -0.2) is 4.79 Å². The van der Waals surface area contributed by atoms with Crippen molar-refractivity contribution in [1.29, 1.82) is 0 Å². The van der Waals surface area contributed by atoms with Crippen molar-refractivity contribution >= 4 is 53.1 Å². The maximum atomic E-state index is 13.1. The van der Waals surface area contributed by atoms with Crippen LogP contribution in [-0.4, -0.2) is 71.6 Å². The predicted octanol–water partition coefficient (Wildman–Crippen LogP) is 5.59. The van der Waals surface area contributed by atoms with E-state index in [1.165, 1.54) is 16.6 Å². The molecule has 2 fully saturated rings. The molecule has 0 unspecified atom stereocenters. The number of rotatable bonds is 7. The summed E-state index contributed by atoms with van der Waals surface area (Å²) in [6.07, 6.45) is 4.53. The Kier molecular flexibility index (Phi) is 9.85. The lowest BCUT2D eigenvalue weighted by Crippen LogP contribution is -2.47. The average molecular weight is 580 g/mol. The lowest BCUT2D eigenvalue weighted by atomic mass is 10.1. The summed E-state index contributed by atoms with van der Waals surface area (Å²) in [7, 11) is 0. The summed E-state index contributed by atoms with van der Waals surface area (Å²) in [6.45, 7) is 9.27. The van der Waals surface area contributed by atoms with Crippen molar-refractivity contribution in [3.8, 4) is 0 Å². The Labute approximate surface area is 248 Å². The molecule has 0 atom stereocenters. The maximum absolute atomic E-state index is 13.1. The molecule has 9 heteroatoms. The smallest absolute Gasteiger partial charge is 0.324 e. The van der Waals surface area contributed by atoms with Gasteiger partial charge in [-0.15, -0.1) is 24.8 Å². The number of hydrogen-bond acceptors (Lipinski definition) is 5. The number of urea groups is 1. The number of amides is 2. The van der Waals surface area contributed by atoms with Crippen LogP contribution < -0.4 is 9.80 Å². The number of benzene rings is 2. The summed E-state index contributed by atoms with van der Waals surface area (Å²) < 4.78 is 0. The summed E-state index contributed by atoms with van der Waals surface area (Å²) in [5, 5.41) is 1.24. The number of pyridine rings is 2. The Hall–Kier alpha value is -3.39. The molecule has 2 aromatic carbocycles. The van der Waals surface area contributed by atoms with Gasteiger partial charge >= 0.3 is 6.03 Å². The zero-order valence-electron chi connectivity index (χ0n) is 22.8. The topological polar surface area (TPSA) is 55.8 Å². The molecule has 2 amide bonds. The molecule has 0 radical (unpaired) electrons. The van der Waals surface area contributed by atoms with Crippen LogP contribution in [0.3, 0.4) is 0 Å². The molecule has 210 valence electrons. The van der Waals surface area contributed by atoms with E-state index < -0.39 is 0 Å². The third-order valence-electron chi connectivity index (χ3n) is 7.72. The Morgan fingerprint density at radius 1 is 0.800 bits per heavy atom. The minimum absolute atomic E-state index is 0. The van der Waals surface area contributed by atoms with Crippen molar-refractivity contribution in [3.63, 3.8) is 0 Å². The lowest BCUT2D eigenvalue weighted by Gasteiger charge is -2.36. The molecule has 0 aliphatic carbocycles. The first-order valence-corrected chi connectivity index (χ1v) is 13.5. The second kappa shape index (κ2) is 13.3. The van der Waals surface area contributed by atoms with E-state index in [0.29, 0.717) is 6.54 Å². The summed E-state index contributed by atoms with van der Waals surface area (Å²) in [5.74, 6) is 0. The molecule has 0 spiro atoms. The van der Waals surface area contributed by atoms with Crippen molar-refractivity contribution in [2.45, 2.75) is 19.9 Å². The molecule has 0 saturated carbocycles. The van der Waals surface area contributed by atoms with E-state index in [0.717, 1.165) is 74.7 Å². The molecule has 4 heterocycles. The van der Waals surface area contributed by atoms with Crippen molar-refractivity contribution in [3.05, 3.63) is 95.9 Å². The van der Waals surface area contributed by atoms with Crippen LogP contribution >= 0.6 is 24.8 Å². The van der Waals surface area contributed by atoms with Gasteiger partial charge in [0, 0.05) is 87.2 Å². The Balaban J connectivity index is 0.00000185. The summed E-state index contributed by atoms with van der Waals surface area (Å²) >= 11 is 0. The minimum Gasteiger partial charge on any atom is -0.368 e. The highest BCUT2D eigenvalue weighted by Crippen LogP contribution is 2.27. The van der Waals surface area contributed by atoms with E-state index in [4.69, 9.17) is 4.98 Å². The molecule has 2 aliphatic heterocycles. The van der Waals surface area contributed by atoms with Gasteiger partial charge in [-0.3, -0.25) is 19.8 Å². The van der Waals surface area contributed by atoms with Crippen LogP contribution in [0, 0.1) is 6.92 Å². The molecule has 2 aliphatic rings. The van der Waals surface area contributed by atoms with Crippen molar-refractivity contribution in [2.24, 2.45) is 0 Å². The van der Waals surface area contributed by atoms with Crippen molar-refractivity contribution in [1.82, 2.24) is 19.8 Å². The number of aromatic nitrogens is 2. The molecule has 0 bridgehead atoms. The second-order valence-electron chi connectivity index (χ2n) is 10.3. The third-order valence-corrected chi connectivity index (χ3v) is 7.72. The molecule has 4 aromatic rings. The quantitative estimate of drug-likeness (QED) is 0.286. The molecule has 2 aromatic heterocycles. The minimum atomic E-state index is 0. The van der Waals surface area contributed by atoms with Crippen LogP contribution in [0.2, 0.25) is 0 Å². The van der Waals surface area contributed by atoms with Gasteiger partial charge in [-0.2, -0.15) is 0 Å². The molecular formula is C31H36Cl2N6O. The molecule has 2 saturated heterocycles. The molecular weight excluding hydrogens is 543 g/mol. The normalized spacial score (nSPS) is 15.7. The van der Waals surface area contributed by atoms with Crippen molar-refractivity contribution < 1.29 is 4.79 Å². The van der Waals surface area contributed by atoms with E-state index in [-0.39, 0.29) is 30.8 Å².